The van der Waals surface area contributed by atoms with Gasteiger partial charge >= 0.3 is 0 Å². The number of nitrogens with two attached hydrogens (primary N) is 1. The highest BCUT2D eigenvalue weighted by molar-refractivity contribution is 5.27. The standard InChI is InChI=1S/C12H14FN3/c1-9(16-12(14)5-6-15-16)7-10-3-2-4-11(13)8-10/h2-6,8-9H,7,14H2,1H3. The van der Waals surface area contributed by atoms with Gasteiger partial charge in [0.15, 0.2) is 0 Å². The molecule has 0 saturated carbocycles. The lowest BCUT2D eigenvalue weighted by Crippen LogP contribution is -2.12. The second-order valence-corrected chi connectivity index (χ2v) is 3.88. The van der Waals surface area contributed by atoms with Crippen molar-refractivity contribution in [2.45, 2.75) is 19.4 Å². The highest BCUT2D eigenvalue weighted by Gasteiger charge is 2.09. The molecule has 0 aliphatic rings. The highest BCUT2D eigenvalue weighted by Crippen LogP contribution is 2.16. The van der Waals surface area contributed by atoms with Crippen molar-refractivity contribution in [1.29, 1.82) is 0 Å². The maximum atomic E-state index is 13.0. The van der Waals surface area contributed by atoms with Crippen LogP contribution in [0.4, 0.5) is 10.2 Å². The Morgan fingerprint density at radius 3 is 2.88 bits per heavy atom. The Bertz CT molecular complexity index is 479. The van der Waals surface area contributed by atoms with Crippen LogP contribution in [0.15, 0.2) is 36.5 Å². The maximum Gasteiger partial charge on any atom is 0.123 e. The molecule has 1 aromatic carbocycles. The zero-order valence-electron chi connectivity index (χ0n) is 9.10. The lowest BCUT2D eigenvalue weighted by Gasteiger charge is -2.13. The summed E-state index contributed by atoms with van der Waals surface area (Å²) < 4.78 is 14.7. The number of nitrogens with zero attached hydrogens (tertiary/aromatic N) is 2. The summed E-state index contributed by atoms with van der Waals surface area (Å²) in [5.41, 5.74) is 6.70. The van der Waals surface area contributed by atoms with E-state index in [9.17, 15) is 4.39 Å². The lowest BCUT2D eigenvalue weighted by atomic mass is 10.1. The third kappa shape index (κ3) is 2.21. The minimum Gasteiger partial charge on any atom is -0.384 e. The van der Waals surface area contributed by atoms with Crippen LogP contribution >= 0.6 is 0 Å². The van der Waals surface area contributed by atoms with Gasteiger partial charge < -0.3 is 5.73 Å². The third-order valence-electron chi connectivity index (χ3n) is 2.54. The van der Waals surface area contributed by atoms with E-state index in [1.165, 1.54) is 12.1 Å². The second kappa shape index (κ2) is 4.35. The molecule has 0 fully saturated rings. The van der Waals surface area contributed by atoms with Gasteiger partial charge in [-0.3, -0.25) is 0 Å². The van der Waals surface area contributed by atoms with E-state index in [2.05, 4.69) is 5.10 Å². The fourth-order valence-corrected chi connectivity index (χ4v) is 1.78. The molecule has 0 spiro atoms. The van der Waals surface area contributed by atoms with E-state index in [1.807, 2.05) is 13.0 Å². The molecule has 0 saturated heterocycles. The quantitative estimate of drug-likeness (QED) is 0.861. The summed E-state index contributed by atoms with van der Waals surface area (Å²) in [4.78, 5) is 0. The Kier molecular flexibility index (Phi) is 2.90. The molecule has 1 aromatic heterocycles. The Morgan fingerprint density at radius 2 is 2.25 bits per heavy atom. The van der Waals surface area contributed by atoms with E-state index in [0.29, 0.717) is 12.2 Å². The summed E-state index contributed by atoms with van der Waals surface area (Å²) in [6.45, 7) is 2.01. The molecule has 2 rings (SSSR count). The summed E-state index contributed by atoms with van der Waals surface area (Å²) >= 11 is 0. The number of benzene rings is 1. The monoisotopic (exact) mass is 219 g/mol. The molecule has 1 heterocycles. The van der Waals surface area contributed by atoms with Crippen LogP contribution in [0.1, 0.15) is 18.5 Å². The van der Waals surface area contributed by atoms with Gasteiger partial charge in [0.05, 0.1) is 12.2 Å². The topological polar surface area (TPSA) is 43.8 Å². The lowest BCUT2D eigenvalue weighted by molar-refractivity contribution is 0.494. The van der Waals surface area contributed by atoms with Gasteiger partial charge in [-0.25, -0.2) is 9.07 Å². The summed E-state index contributed by atoms with van der Waals surface area (Å²) in [7, 11) is 0. The van der Waals surface area contributed by atoms with Crippen LogP contribution in [-0.2, 0) is 6.42 Å². The van der Waals surface area contributed by atoms with Gasteiger partial charge in [0.25, 0.3) is 0 Å². The van der Waals surface area contributed by atoms with Crippen molar-refractivity contribution in [2.75, 3.05) is 5.73 Å². The van der Waals surface area contributed by atoms with E-state index in [4.69, 9.17) is 5.73 Å². The molecular weight excluding hydrogens is 205 g/mol. The first kappa shape index (κ1) is 10.7. The molecule has 1 atom stereocenters. The molecule has 4 heteroatoms. The molecule has 16 heavy (non-hydrogen) atoms. The molecule has 0 radical (unpaired) electrons. The van der Waals surface area contributed by atoms with E-state index in [-0.39, 0.29) is 11.9 Å². The molecule has 0 amide bonds. The number of hydrogen-bond acceptors (Lipinski definition) is 2. The number of rotatable bonds is 3. The van der Waals surface area contributed by atoms with Gasteiger partial charge in [-0.2, -0.15) is 5.10 Å². The molecule has 2 N–H and O–H groups in total. The fourth-order valence-electron chi connectivity index (χ4n) is 1.78. The Morgan fingerprint density at radius 1 is 1.44 bits per heavy atom. The van der Waals surface area contributed by atoms with Crippen molar-refractivity contribution in [1.82, 2.24) is 9.78 Å². The summed E-state index contributed by atoms with van der Waals surface area (Å²) in [5, 5.41) is 4.13. The molecule has 1 unspecified atom stereocenters. The first-order chi connectivity index (χ1) is 7.66. The van der Waals surface area contributed by atoms with Gasteiger partial charge in [0.2, 0.25) is 0 Å². The van der Waals surface area contributed by atoms with Gasteiger partial charge in [0, 0.05) is 0 Å². The van der Waals surface area contributed by atoms with Crippen LogP contribution in [0.3, 0.4) is 0 Å². The van der Waals surface area contributed by atoms with Crippen LogP contribution < -0.4 is 5.73 Å². The van der Waals surface area contributed by atoms with E-state index in [1.54, 1.807) is 23.0 Å². The van der Waals surface area contributed by atoms with Crippen molar-refractivity contribution < 1.29 is 4.39 Å². The molecule has 0 bridgehead atoms. The molecule has 0 aliphatic heterocycles. The average Bonchev–Trinajstić information content (AvgIpc) is 2.64. The van der Waals surface area contributed by atoms with Crippen molar-refractivity contribution in [3.8, 4) is 0 Å². The van der Waals surface area contributed by atoms with Crippen molar-refractivity contribution >= 4 is 5.82 Å². The smallest absolute Gasteiger partial charge is 0.123 e. The van der Waals surface area contributed by atoms with Crippen LogP contribution in [0.5, 0.6) is 0 Å². The normalized spacial score (nSPS) is 12.6. The summed E-state index contributed by atoms with van der Waals surface area (Å²) in [6, 6.07) is 8.47. The Balaban J connectivity index is 2.14. The molecule has 0 aliphatic carbocycles. The number of nitrogen functional groups attached to an aromatic ring is 1. The van der Waals surface area contributed by atoms with Crippen LogP contribution in [-0.4, -0.2) is 9.78 Å². The first-order valence-electron chi connectivity index (χ1n) is 5.20. The zero-order chi connectivity index (χ0) is 11.5. The summed E-state index contributed by atoms with van der Waals surface area (Å²) in [6.07, 6.45) is 2.38. The molecule has 2 aromatic rings. The third-order valence-corrected chi connectivity index (χ3v) is 2.54. The Labute approximate surface area is 93.7 Å². The predicted octanol–water partition coefficient (Wildman–Crippen LogP) is 2.41. The van der Waals surface area contributed by atoms with Gasteiger partial charge in [-0.05, 0) is 37.1 Å². The largest absolute Gasteiger partial charge is 0.384 e. The first-order valence-corrected chi connectivity index (χ1v) is 5.20. The van der Waals surface area contributed by atoms with Crippen LogP contribution in [0.25, 0.3) is 0 Å². The van der Waals surface area contributed by atoms with E-state index in [0.717, 1.165) is 5.56 Å². The maximum absolute atomic E-state index is 13.0. The Hall–Kier alpha value is -1.84. The SMILES string of the molecule is CC(Cc1cccc(F)c1)n1nccc1N. The van der Waals surface area contributed by atoms with Crippen molar-refractivity contribution in [2.24, 2.45) is 0 Å². The minimum absolute atomic E-state index is 0.122. The van der Waals surface area contributed by atoms with Crippen molar-refractivity contribution in [3.05, 3.63) is 47.9 Å². The number of hydrogen-bond donors (Lipinski definition) is 1. The zero-order valence-corrected chi connectivity index (χ0v) is 9.10. The van der Waals surface area contributed by atoms with Gasteiger partial charge in [-0.1, -0.05) is 12.1 Å². The fraction of sp³-hybridized carbons (Fsp3) is 0.250. The second-order valence-electron chi connectivity index (χ2n) is 3.88. The van der Waals surface area contributed by atoms with Crippen LogP contribution in [0.2, 0.25) is 0 Å². The average molecular weight is 219 g/mol. The summed E-state index contributed by atoms with van der Waals surface area (Å²) in [5.74, 6) is 0.419. The molecular formula is C12H14FN3. The number of anilines is 1. The van der Waals surface area contributed by atoms with Gasteiger partial charge in [0.1, 0.15) is 11.6 Å². The minimum atomic E-state index is -0.210. The molecule has 84 valence electrons. The van der Waals surface area contributed by atoms with Gasteiger partial charge in [-0.15, -0.1) is 0 Å². The predicted molar refractivity (Wildman–Crippen MR) is 61.5 cm³/mol. The van der Waals surface area contributed by atoms with E-state index >= 15 is 0 Å². The van der Waals surface area contributed by atoms with Crippen molar-refractivity contribution in [3.63, 3.8) is 0 Å². The van der Waals surface area contributed by atoms with Crippen LogP contribution in [0, 0.1) is 5.82 Å². The number of aromatic nitrogens is 2. The highest BCUT2D eigenvalue weighted by atomic mass is 19.1. The number of halogens is 1. The van der Waals surface area contributed by atoms with E-state index < -0.39 is 0 Å². The molecule has 3 nitrogen and oxygen atoms in total.